The van der Waals surface area contributed by atoms with Crippen LogP contribution in [0.1, 0.15) is 55.0 Å². The molecule has 2 aromatic heterocycles. The van der Waals surface area contributed by atoms with E-state index in [0.717, 1.165) is 50.2 Å². The highest BCUT2D eigenvalue weighted by Gasteiger charge is 2.37. The summed E-state index contributed by atoms with van der Waals surface area (Å²) >= 11 is 0. The molecule has 2 amide bonds. The number of fused-ring (bicyclic) bond motifs is 2. The number of ether oxygens (including phenoxy) is 1. The Morgan fingerprint density at radius 1 is 1.31 bits per heavy atom. The molecule has 0 saturated carbocycles. The molecule has 2 atom stereocenters. The standard InChI is InChI=1S/C25H29N5O5/c31-21-14-35-24-19(29-21)11-17(13-27-24)20(12-22(32)33)30-10-8-16(25(30)34)3-1-5-18-7-6-15-4-2-9-26-23(15)28-18/h6-7,11,13,16,20H,1-5,8-10,12,14H2,(H,26,28)(H,29,31)(H,32,33). The maximum Gasteiger partial charge on any atom is 0.305 e. The summed E-state index contributed by atoms with van der Waals surface area (Å²) in [5, 5.41) is 15.6. The average Bonchev–Trinajstić information content (AvgIpc) is 3.21. The number of anilines is 2. The number of carboxylic acid groups (broad SMARTS) is 1. The smallest absolute Gasteiger partial charge is 0.305 e. The van der Waals surface area contributed by atoms with Gasteiger partial charge in [-0.05, 0) is 61.8 Å². The highest BCUT2D eigenvalue weighted by atomic mass is 16.5. The molecular formula is C25H29N5O5. The monoisotopic (exact) mass is 479 g/mol. The van der Waals surface area contributed by atoms with Crippen molar-refractivity contribution in [3.05, 3.63) is 41.2 Å². The lowest BCUT2D eigenvalue weighted by Crippen LogP contribution is -2.34. The highest BCUT2D eigenvalue weighted by molar-refractivity contribution is 5.95. The molecule has 184 valence electrons. The number of carboxylic acids is 1. The zero-order valence-corrected chi connectivity index (χ0v) is 19.5. The molecule has 10 nitrogen and oxygen atoms in total. The molecule has 2 aromatic rings. The summed E-state index contributed by atoms with van der Waals surface area (Å²) in [7, 11) is 0. The van der Waals surface area contributed by atoms with E-state index in [1.54, 1.807) is 11.0 Å². The van der Waals surface area contributed by atoms with Gasteiger partial charge in [-0.15, -0.1) is 0 Å². The Labute approximate surface area is 203 Å². The Morgan fingerprint density at radius 3 is 3.06 bits per heavy atom. The summed E-state index contributed by atoms with van der Waals surface area (Å²) in [6.45, 7) is 1.33. The Hall–Kier alpha value is -3.69. The van der Waals surface area contributed by atoms with Gasteiger partial charge in [-0.25, -0.2) is 9.97 Å². The van der Waals surface area contributed by atoms with Crippen LogP contribution in [0.4, 0.5) is 11.5 Å². The minimum Gasteiger partial charge on any atom is -0.481 e. The maximum atomic E-state index is 13.3. The fourth-order valence-corrected chi connectivity index (χ4v) is 5.13. The van der Waals surface area contributed by atoms with Crippen molar-refractivity contribution in [1.29, 1.82) is 0 Å². The van der Waals surface area contributed by atoms with Gasteiger partial charge in [-0.2, -0.15) is 0 Å². The van der Waals surface area contributed by atoms with E-state index in [1.807, 2.05) is 0 Å². The number of aliphatic carboxylic acids is 1. The number of carbonyl (C=O) groups is 3. The van der Waals surface area contributed by atoms with Crippen LogP contribution in [0.2, 0.25) is 0 Å². The van der Waals surface area contributed by atoms with Crippen LogP contribution in [0.25, 0.3) is 0 Å². The predicted octanol–water partition coefficient (Wildman–Crippen LogP) is 2.55. The largest absolute Gasteiger partial charge is 0.481 e. The van der Waals surface area contributed by atoms with E-state index >= 15 is 0 Å². The molecule has 3 aliphatic rings. The van der Waals surface area contributed by atoms with Gasteiger partial charge in [0.15, 0.2) is 6.61 Å². The normalized spacial score (nSPS) is 19.8. The lowest BCUT2D eigenvalue weighted by Gasteiger charge is -2.28. The van der Waals surface area contributed by atoms with Crippen molar-refractivity contribution in [2.45, 2.75) is 51.0 Å². The van der Waals surface area contributed by atoms with Crippen LogP contribution in [0, 0.1) is 5.92 Å². The first-order valence-electron chi connectivity index (χ1n) is 12.2. The molecule has 35 heavy (non-hydrogen) atoms. The SMILES string of the molecule is O=C(O)CC(c1cnc2c(c1)NC(=O)CO2)N1CCC(CCCc2ccc3c(n2)NCCC3)C1=O. The zero-order valence-electron chi connectivity index (χ0n) is 19.5. The van der Waals surface area contributed by atoms with E-state index < -0.39 is 12.0 Å². The third-order valence-corrected chi connectivity index (χ3v) is 6.90. The van der Waals surface area contributed by atoms with Crippen LogP contribution in [-0.4, -0.2) is 57.5 Å². The number of pyridine rings is 2. The average molecular weight is 480 g/mol. The molecule has 3 aliphatic heterocycles. The van der Waals surface area contributed by atoms with Gasteiger partial charge in [0.05, 0.1) is 12.5 Å². The van der Waals surface area contributed by atoms with Gasteiger partial charge < -0.3 is 25.4 Å². The number of likely N-dealkylation sites (tertiary alicyclic amines) is 1. The van der Waals surface area contributed by atoms with E-state index in [0.29, 0.717) is 30.1 Å². The molecule has 0 bridgehead atoms. The number of nitrogens with one attached hydrogen (secondary N) is 2. The molecule has 10 heteroatoms. The minimum absolute atomic E-state index is 0.0330. The van der Waals surface area contributed by atoms with Crippen molar-refractivity contribution in [3.63, 3.8) is 0 Å². The fourth-order valence-electron chi connectivity index (χ4n) is 5.13. The van der Waals surface area contributed by atoms with Crippen molar-refractivity contribution in [2.75, 3.05) is 30.3 Å². The quantitative estimate of drug-likeness (QED) is 0.526. The summed E-state index contributed by atoms with van der Waals surface area (Å²) in [5.74, 6) is -0.207. The minimum atomic E-state index is -1.00. The topological polar surface area (TPSA) is 134 Å². The third-order valence-electron chi connectivity index (χ3n) is 6.90. The van der Waals surface area contributed by atoms with Crippen molar-refractivity contribution in [1.82, 2.24) is 14.9 Å². The predicted molar refractivity (Wildman–Crippen MR) is 127 cm³/mol. The van der Waals surface area contributed by atoms with Gasteiger partial charge in [-0.1, -0.05) is 6.07 Å². The van der Waals surface area contributed by atoms with E-state index in [9.17, 15) is 19.5 Å². The van der Waals surface area contributed by atoms with Gasteiger partial charge in [0.1, 0.15) is 11.5 Å². The van der Waals surface area contributed by atoms with Crippen LogP contribution < -0.4 is 15.4 Å². The van der Waals surface area contributed by atoms with Crippen LogP contribution in [0.3, 0.4) is 0 Å². The third kappa shape index (κ3) is 5.06. The Morgan fingerprint density at radius 2 is 2.20 bits per heavy atom. The molecule has 1 fully saturated rings. The van der Waals surface area contributed by atoms with Gasteiger partial charge in [0.25, 0.3) is 5.91 Å². The fraction of sp³-hybridized carbons (Fsp3) is 0.480. The number of carbonyl (C=O) groups excluding carboxylic acids is 2. The second kappa shape index (κ2) is 9.89. The van der Waals surface area contributed by atoms with E-state index in [-0.39, 0.29) is 30.8 Å². The van der Waals surface area contributed by atoms with Crippen LogP contribution in [0.5, 0.6) is 5.88 Å². The summed E-state index contributed by atoms with van der Waals surface area (Å²) in [5.41, 5.74) is 3.24. The first kappa shape index (κ1) is 23.1. The highest BCUT2D eigenvalue weighted by Crippen LogP contribution is 2.36. The first-order chi connectivity index (χ1) is 17.0. The molecule has 0 aromatic carbocycles. The molecular weight excluding hydrogens is 450 g/mol. The molecule has 0 radical (unpaired) electrons. The van der Waals surface area contributed by atoms with Gasteiger partial charge in [0.2, 0.25) is 11.8 Å². The van der Waals surface area contributed by atoms with Crippen molar-refractivity contribution < 1.29 is 24.2 Å². The molecule has 0 aliphatic carbocycles. The van der Waals surface area contributed by atoms with Gasteiger partial charge >= 0.3 is 5.97 Å². The molecule has 1 saturated heterocycles. The van der Waals surface area contributed by atoms with E-state index in [1.165, 1.54) is 11.8 Å². The van der Waals surface area contributed by atoms with E-state index in [4.69, 9.17) is 9.72 Å². The van der Waals surface area contributed by atoms with Crippen LogP contribution in [-0.2, 0) is 27.2 Å². The molecule has 3 N–H and O–H groups in total. The summed E-state index contributed by atoms with van der Waals surface area (Å²) in [4.78, 5) is 47.2. The number of hydrogen-bond acceptors (Lipinski definition) is 7. The summed E-state index contributed by atoms with van der Waals surface area (Å²) in [6.07, 6.45) is 6.52. The number of amides is 2. The number of rotatable bonds is 8. The number of nitrogens with zero attached hydrogens (tertiary/aromatic N) is 3. The lowest BCUT2D eigenvalue weighted by atomic mass is 9.98. The maximum absolute atomic E-state index is 13.3. The molecule has 5 rings (SSSR count). The molecule has 2 unspecified atom stereocenters. The van der Waals surface area contributed by atoms with Crippen LogP contribution >= 0.6 is 0 Å². The lowest BCUT2D eigenvalue weighted by molar-refractivity contribution is -0.140. The Balaban J connectivity index is 1.24. The zero-order chi connectivity index (χ0) is 24.4. The van der Waals surface area contributed by atoms with Crippen molar-refractivity contribution >= 4 is 29.3 Å². The second-order valence-electron chi connectivity index (χ2n) is 9.32. The van der Waals surface area contributed by atoms with Gasteiger partial charge in [-0.3, -0.25) is 14.4 Å². The van der Waals surface area contributed by atoms with Gasteiger partial charge in [0, 0.05) is 30.9 Å². The Bertz CT molecular complexity index is 1150. The van der Waals surface area contributed by atoms with E-state index in [2.05, 4.69) is 27.8 Å². The Kier molecular flexibility index (Phi) is 6.52. The second-order valence-corrected chi connectivity index (χ2v) is 9.32. The summed E-state index contributed by atoms with van der Waals surface area (Å²) in [6, 6.07) is 5.21. The van der Waals surface area contributed by atoms with Crippen molar-refractivity contribution in [2.24, 2.45) is 5.92 Å². The molecule has 0 spiro atoms. The van der Waals surface area contributed by atoms with Crippen molar-refractivity contribution in [3.8, 4) is 5.88 Å². The van der Waals surface area contributed by atoms with Crippen LogP contribution in [0.15, 0.2) is 24.4 Å². The summed E-state index contributed by atoms with van der Waals surface area (Å²) < 4.78 is 5.30. The first-order valence-corrected chi connectivity index (χ1v) is 12.2. The molecule has 5 heterocycles. The number of aryl methyl sites for hydroxylation is 2. The number of aromatic nitrogens is 2. The number of hydrogen-bond donors (Lipinski definition) is 3.